The van der Waals surface area contributed by atoms with E-state index in [1.165, 1.54) is 12.4 Å². The second-order valence-corrected chi connectivity index (χ2v) is 4.53. The average molecular weight is 261 g/mol. The molecule has 0 aliphatic rings. The molecule has 98 valence electrons. The van der Waals surface area contributed by atoms with Gasteiger partial charge in [0.2, 0.25) is 0 Å². The fourth-order valence-electron chi connectivity index (χ4n) is 2.23. The maximum atomic E-state index is 12.8. The van der Waals surface area contributed by atoms with E-state index >= 15 is 0 Å². The number of benzene rings is 1. The van der Waals surface area contributed by atoms with Crippen LogP contribution >= 0.6 is 0 Å². The molecule has 3 nitrogen and oxygen atoms in total. The summed E-state index contributed by atoms with van der Waals surface area (Å²) in [6, 6.07) is 8.09. The molecule has 0 saturated heterocycles. The predicted molar refractivity (Wildman–Crippen MR) is 69.3 cm³/mol. The summed E-state index contributed by atoms with van der Waals surface area (Å²) in [7, 11) is 0. The summed E-state index contributed by atoms with van der Waals surface area (Å²) >= 11 is 0. The third-order valence-electron chi connectivity index (χ3n) is 3.20. The SMILES string of the molecule is Cc1ccc2ccn(Cc3nccn3C(F)F)c2c1. The van der Waals surface area contributed by atoms with E-state index < -0.39 is 6.55 Å². The molecule has 2 heterocycles. The lowest BCUT2D eigenvalue weighted by Crippen LogP contribution is -2.08. The Morgan fingerprint density at radius 2 is 2.05 bits per heavy atom. The number of alkyl halides is 2. The first-order chi connectivity index (χ1) is 9.15. The molecule has 1 aromatic carbocycles. The van der Waals surface area contributed by atoms with Gasteiger partial charge in [-0.15, -0.1) is 0 Å². The van der Waals surface area contributed by atoms with Crippen LogP contribution < -0.4 is 0 Å². The van der Waals surface area contributed by atoms with Crippen molar-refractivity contribution >= 4 is 10.9 Å². The van der Waals surface area contributed by atoms with Gasteiger partial charge in [-0.25, -0.2) is 4.98 Å². The summed E-state index contributed by atoms with van der Waals surface area (Å²) in [5, 5.41) is 1.10. The van der Waals surface area contributed by atoms with Crippen LogP contribution in [0.3, 0.4) is 0 Å². The molecule has 0 radical (unpaired) electrons. The average Bonchev–Trinajstić information content (AvgIpc) is 2.97. The molecule has 0 aliphatic heterocycles. The molecule has 0 atom stereocenters. The molecule has 3 aromatic rings. The minimum absolute atomic E-state index is 0.338. The summed E-state index contributed by atoms with van der Waals surface area (Å²) in [6.45, 7) is -0.206. The first-order valence-electron chi connectivity index (χ1n) is 6.00. The van der Waals surface area contributed by atoms with Gasteiger partial charge >= 0.3 is 6.55 Å². The topological polar surface area (TPSA) is 22.8 Å². The second kappa shape index (κ2) is 4.50. The van der Waals surface area contributed by atoms with Crippen LogP contribution in [-0.2, 0) is 6.54 Å². The van der Waals surface area contributed by atoms with E-state index in [1.54, 1.807) is 0 Å². The fraction of sp³-hybridized carbons (Fsp3) is 0.214. The third-order valence-corrected chi connectivity index (χ3v) is 3.20. The Morgan fingerprint density at radius 1 is 1.21 bits per heavy atom. The number of aryl methyl sites for hydroxylation is 1. The molecule has 2 aromatic heterocycles. The van der Waals surface area contributed by atoms with Crippen LogP contribution in [0.4, 0.5) is 8.78 Å². The minimum atomic E-state index is -2.55. The Hall–Kier alpha value is -2.17. The van der Waals surface area contributed by atoms with Gasteiger partial charge in [-0.1, -0.05) is 12.1 Å². The largest absolute Gasteiger partial charge is 0.340 e. The number of nitrogens with zero attached hydrogens (tertiary/aromatic N) is 3. The molecule has 0 N–H and O–H groups in total. The molecule has 0 fully saturated rings. The molecule has 19 heavy (non-hydrogen) atoms. The van der Waals surface area contributed by atoms with E-state index in [9.17, 15) is 8.78 Å². The van der Waals surface area contributed by atoms with Gasteiger partial charge in [0.25, 0.3) is 0 Å². The lowest BCUT2D eigenvalue weighted by Gasteiger charge is -2.08. The smallest absolute Gasteiger partial charge is 0.319 e. The quantitative estimate of drug-likeness (QED) is 0.706. The van der Waals surface area contributed by atoms with E-state index in [4.69, 9.17) is 0 Å². The molecule has 3 rings (SSSR count). The zero-order chi connectivity index (χ0) is 13.4. The molecular formula is C14H13F2N3. The Morgan fingerprint density at radius 3 is 2.84 bits per heavy atom. The monoisotopic (exact) mass is 261 g/mol. The number of fused-ring (bicyclic) bond motifs is 1. The van der Waals surface area contributed by atoms with Crippen LogP contribution in [0.15, 0.2) is 42.9 Å². The fourth-order valence-corrected chi connectivity index (χ4v) is 2.23. The van der Waals surface area contributed by atoms with Crippen molar-refractivity contribution in [2.45, 2.75) is 20.0 Å². The van der Waals surface area contributed by atoms with Crippen molar-refractivity contribution in [3.63, 3.8) is 0 Å². The Kier molecular flexibility index (Phi) is 2.81. The van der Waals surface area contributed by atoms with Crippen LogP contribution in [0.25, 0.3) is 10.9 Å². The second-order valence-electron chi connectivity index (χ2n) is 4.53. The van der Waals surface area contributed by atoms with Gasteiger partial charge in [0.1, 0.15) is 5.82 Å². The number of halogens is 2. The Labute approximate surface area is 109 Å². The Balaban J connectivity index is 2.01. The predicted octanol–water partition coefficient (Wildman–Crippen LogP) is 3.59. The standard InChI is InChI=1S/C14H13F2N3/c1-10-2-3-11-4-6-18(12(11)8-10)9-13-17-5-7-19(13)14(15)16/h2-8,14H,9H2,1H3. The van der Waals surface area contributed by atoms with E-state index in [0.717, 1.165) is 21.0 Å². The van der Waals surface area contributed by atoms with E-state index in [-0.39, 0.29) is 0 Å². The van der Waals surface area contributed by atoms with Gasteiger partial charge in [0.15, 0.2) is 0 Å². The van der Waals surface area contributed by atoms with Crippen molar-refractivity contribution in [1.82, 2.24) is 14.1 Å². The maximum absolute atomic E-state index is 12.8. The molecule has 0 amide bonds. The number of hydrogen-bond donors (Lipinski definition) is 0. The summed E-state index contributed by atoms with van der Waals surface area (Å²) < 4.78 is 28.4. The molecule has 0 unspecified atom stereocenters. The van der Waals surface area contributed by atoms with E-state index in [0.29, 0.717) is 12.4 Å². The van der Waals surface area contributed by atoms with Gasteiger partial charge < -0.3 is 4.57 Å². The van der Waals surface area contributed by atoms with Crippen molar-refractivity contribution in [3.05, 3.63) is 54.2 Å². The van der Waals surface area contributed by atoms with Crippen molar-refractivity contribution in [1.29, 1.82) is 0 Å². The summed E-state index contributed by atoms with van der Waals surface area (Å²) in [4.78, 5) is 4.00. The van der Waals surface area contributed by atoms with Crippen molar-refractivity contribution in [2.24, 2.45) is 0 Å². The molecule has 0 bridgehead atoms. The summed E-state index contributed by atoms with van der Waals surface area (Å²) in [6.07, 6.45) is 4.60. The summed E-state index contributed by atoms with van der Waals surface area (Å²) in [5.41, 5.74) is 2.17. The van der Waals surface area contributed by atoms with E-state index in [1.807, 2.05) is 42.0 Å². The molecule has 0 saturated carbocycles. The number of aromatic nitrogens is 3. The summed E-state index contributed by atoms with van der Waals surface area (Å²) in [5.74, 6) is 0.356. The lowest BCUT2D eigenvalue weighted by atomic mass is 10.2. The van der Waals surface area contributed by atoms with Crippen LogP contribution in [0.5, 0.6) is 0 Å². The highest BCUT2D eigenvalue weighted by Gasteiger charge is 2.12. The highest BCUT2D eigenvalue weighted by atomic mass is 19.3. The molecular weight excluding hydrogens is 248 g/mol. The van der Waals surface area contributed by atoms with E-state index in [2.05, 4.69) is 4.98 Å². The zero-order valence-electron chi connectivity index (χ0n) is 10.4. The third kappa shape index (κ3) is 2.12. The number of imidazole rings is 1. The molecule has 5 heteroatoms. The molecule has 0 aliphatic carbocycles. The Bertz CT molecular complexity index is 712. The van der Waals surface area contributed by atoms with Crippen LogP contribution in [0.1, 0.15) is 17.9 Å². The zero-order valence-corrected chi connectivity index (χ0v) is 10.4. The van der Waals surface area contributed by atoms with Crippen molar-refractivity contribution in [3.8, 4) is 0 Å². The highest BCUT2D eigenvalue weighted by molar-refractivity contribution is 5.80. The van der Waals surface area contributed by atoms with Crippen LogP contribution in [0.2, 0.25) is 0 Å². The maximum Gasteiger partial charge on any atom is 0.319 e. The van der Waals surface area contributed by atoms with Gasteiger partial charge in [-0.05, 0) is 30.0 Å². The van der Waals surface area contributed by atoms with Gasteiger partial charge in [0, 0.05) is 24.1 Å². The van der Waals surface area contributed by atoms with Crippen molar-refractivity contribution in [2.75, 3.05) is 0 Å². The number of hydrogen-bond acceptors (Lipinski definition) is 1. The van der Waals surface area contributed by atoms with Crippen LogP contribution in [0, 0.1) is 6.92 Å². The first kappa shape index (κ1) is 11.9. The van der Waals surface area contributed by atoms with Gasteiger partial charge in [0.05, 0.1) is 6.54 Å². The highest BCUT2D eigenvalue weighted by Crippen LogP contribution is 2.20. The molecule has 0 spiro atoms. The number of rotatable bonds is 3. The normalized spacial score (nSPS) is 11.6. The lowest BCUT2D eigenvalue weighted by molar-refractivity contribution is 0.0667. The van der Waals surface area contributed by atoms with Crippen LogP contribution in [-0.4, -0.2) is 14.1 Å². The minimum Gasteiger partial charge on any atom is -0.340 e. The van der Waals surface area contributed by atoms with Gasteiger partial charge in [-0.3, -0.25) is 4.57 Å². The first-order valence-corrected chi connectivity index (χ1v) is 6.00. The van der Waals surface area contributed by atoms with Crippen molar-refractivity contribution < 1.29 is 8.78 Å². The van der Waals surface area contributed by atoms with Gasteiger partial charge in [-0.2, -0.15) is 8.78 Å².